The van der Waals surface area contributed by atoms with Crippen molar-refractivity contribution < 1.29 is 14.3 Å². The molecule has 0 aliphatic carbocycles. The topological polar surface area (TPSA) is 86.4 Å². The number of likely N-dealkylation sites (tertiary alicyclic amines) is 1. The number of cyclic esters (lactones) is 1. The summed E-state index contributed by atoms with van der Waals surface area (Å²) in [5.41, 5.74) is 0.929. The molecule has 0 bridgehead atoms. The van der Waals surface area contributed by atoms with Crippen molar-refractivity contribution in [2.24, 2.45) is 0 Å². The molecule has 9 heteroatoms. The van der Waals surface area contributed by atoms with Gasteiger partial charge < -0.3 is 14.2 Å². The lowest BCUT2D eigenvalue weighted by Gasteiger charge is -2.33. The van der Waals surface area contributed by atoms with Crippen molar-refractivity contribution in [2.45, 2.75) is 44.4 Å². The van der Waals surface area contributed by atoms with E-state index in [1.165, 1.54) is 11.3 Å². The van der Waals surface area contributed by atoms with Crippen molar-refractivity contribution in [1.82, 2.24) is 19.0 Å². The molecule has 2 aliphatic rings. The fourth-order valence-electron chi connectivity index (χ4n) is 4.36. The van der Waals surface area contributed by atoms with Crippen LogP contribution in [-0.2, 0) is 21.0 Å². The fraction of sp³-hybridized carbons (Fsp3) is 0.429. The monoisotopic (exact) mass is 426 g/mol. The molecule has 2 aromatic heterocycles. The van der Waals surface area contributed by atoms with Gasteiger partial charge in [0.15, 0.2) is 6.10 Å². The lowest BCUT2D eigenvalue weighted by Crippen LogP contribution is -2.43. The molecule has 3 aromatic rings. The molecule has 2 fully saturated rings. The number of piperidine rings is 1. The minimum absolute atomic E-state index is 0.0161. The summed E-state index contributed by atoms with van der Waals surface area (Å²) in [4.78, 5) is 42.7. The molecule has 1 atom stereocenters. The van der Waals surface area contributed by atoms with E-state index in [0.717, 1.165) is 28.9 Å². The van der Waals surface area contributed by atoms with Crippen molar-refractivity contribution in [1.29, 1.82) is 0 Å². The van der Waals surface area contributed by atoms with Crippen LogP contribution in [0, 0.1) is 0 Å². The Morgan fingerprint density at radius 1 is 1.17 bits per heavy atom. The van der Waals surface area contributed by atoms with Crippen molar-refractivity contribution in [3.05, 3.63) is 52.2 Å². The first-order valence-corrected chi connectivity index (χ1v) is 11.0. The maximum Gasteiger partial charge on any atom is 0.309 e. The molecule has 2 aliphatic heterocycles. The highest BCUT2D eigenvalue weighted by atomic mass is 32.1. The summed E-state index contributed by atoms with van der Waals surface area (Å²) in [5, 5.41) is 0. The molecule has 5 rings (SSSR count). The van der Waals surface area contributed by atoms with Crippen LogP contribution in [0.4, 0.5) is 0 Å². The summed E-state index contributed by atoms with van der Waals surface area (Å²) in [6.07, 6.45) is 5.45. The van der Waals surface area contributed by atoms with Crippen molar-refractivity contribution in [2.75, 3.05) is 13.1 Å². The molecule has 4 heterocycles. The quantitative estimate of drug-likeness (QED) is 0.597. The van der Waals surface area contributed by atoms with Crippen LogP contribution in [0.3, 0.4) is 0 Å². The Labute approximate surface area is 176 Å². The van der Waals surface area contributed by atoms with Crippen LogP contribution in [0.25, 0.3) is 10.2 Å². The van der Waals surface area contributed by atoms with Gasteiger partial charge in [0.1, 0.15) is 12.5 Å². The summed E-state index contributed by atoms with van der Waals surface area (Å²) < 4.78 is 9.90. The van der Waals surface area contributed by atoms with Gasteiger partial charge in [-0.1, -0.05) is 23.5 Å². The van der Waals surface area contributed by atoms with Crippen LogP contribution in [0.1, 0.15) is 37.4 Å². The Morgan fingerprint density at radius 2 is 1.97 bits per heavy atom. The third kappa shape index (κ3) is 3.43. The van der Waals surface area contributed by atoms with Gasteiger partial charge in [-0.3, -0.25) is 19.0 Å². The van der Waals surface area contributed by atoms with Crippen LogP contribution in [0.5, 0.6) is 0 Å². The molecule has 1 aromatic carbocycles. The summed E-state index contributed by atoms with van der Waals surface area (Å²) in [5.74, 6) is 0.785. The van der Waals surface area contributed by atoms with E-state index in [9.17, 15) is 14.4 Å². The minimum Gasteiger partial charge on any atom is -0.452 e. The first-order chi connectivity index (χ1) is 14.6. The molecular formula is C21H22N4O4S. The predicted octanol–water partition coefficient (Wildman–Crippen LogP) is 2.18. The molecule has 1 amide bonds. The Hall–Kier alpha value is -2.94. The second-order valence-electron chi connectivity index (χ2n) is 7.78. The number of aromatic nitrogens is 3. The predicted molar refractivity (Wildman–Crippen MR) is 111 cm³/mol. The van der Waals surface area contributed by atoms with Gasteiger partial charge in [0, 0.05) is 44.2 Å². The second-order valence-corrected chi connectivity index (χ2v) is 8.77. The van der Waals surface area contributed by atoms with Crippen molar-refractivity contribution >= 4 is 33.4 Å². The van der Waals surface area contributed by atoms with E-state index in [0.29, 0.717) is 32.6 Å². The highest BCUT2D eigenvalue weighted by molar-refractivity contribution is 7.16. The van der Waals surface area contributed by atoms with E-state index in [1.54, 1.807) is 15.7 Å². The zero-order valence-corrected chi connectivity index (χ0v) is 17.2. The summed E-state index contributed by atoms with van der Waals surface area (Å²) in [6, 6.07) is 7.80. The fourth-order valence-corrected chi connectivity index (χ4v) is 5.25. The number of amides is 1. The third-order valence-corrected chi connectivity index (χ3v) is 6.91. The SMILES string of the molecule is O=C1CCC(C(=O)N2CCC(c3nccn3Cn3c(=O)sc4ccccc43)CC2)O1. The van der Waals surface area contributed by atoms with Crippen LogP contribution in [0.2, 0.25) is 0 Å². The van der Waals surface area contributed by atoms with Gasteiger partial charge in [-0.25, -0.2) is 4.98 Å². The van der Waals surface area contributed by atoms with Crippen molar-refractivity contribution in [3.8, 4) is 0 Å². The number of benzene rings is 1. The number of hydrogen-bond donors (Lipinski definition) is 0. The lowest BCUT2D eigenvalue weighted by atomic mass is 9.95. The minimum atomic E-state index is -0.616. The lowest BCUT2D eigenvalue weighted by molar-refractivity contribution is -0.153. The summed E-state index contributed by atoms with van der Waals surface area (Å²) >= 11 is 1.25. The van der Waals surface area contributed by atoms with Gasteiger partial charge in [0.2, 0.25) is 0 Å². The first-order valence-electron chi connectivity index (χ1n) is 10.2. The first kappa shape index (κ1) is 19.0. The molecule has 0 saturated carbocycles. The average Bonchev–Trinajstić information content (AvgIpc) is 3.48. The van der Waals surface area contributed by atoms with Crippen LogP contribution in [0.15, 0.2) is 41.5 Å². The number of carbonyl (C=O) groups is 2. The second kappa shape index (κ2) is 7.71. The number of thiazole rings is 1. The zero-order valence-electron chi connectivity index (χ0n) is 16.4. The molecule has 0 N–H and O–H groups in total. The number of rotatable bonds is 4. The molecule has 1 unspecified atom stereocenters. The number of fused-ring (bicyclic) bond motifs is 1. The molecule has 156 valence electrons. The molecule has 30 heavy (non-hydrogen) atoms. The molecule has 0 radical (unpaired) electrons. The molecular weight excluding hydrogens is 404 g/mol. The number of hydrogen-bond acceptors (Lipinski definition) is 6. The van der Waals surface area contributed by atoms with Crippen LogP contribution < -0.4 is 4.87 Å². The number of ether oxygens (including phenoxy) is 1. The Kier molecular flexibility index (Phi) is 4.90. The Bertz CT molecular complexity index is 1160. The number of carbonyl (C=O) groups excluding carboxylic acids is 2. The van der Waals surface area contributed by atoms with Crippen LogP contribution in [-0.4, -0.2) is 50.1 Å². The average molecular weight is 426 g/mol. The summed E-state index contributed by atoms with van der Waals surface area (Å²) in [6.45, 7) is 1.66. The molecule has 2 saturated heterocycles. The Balaban J connectivity index is 1.29. The number of para-hydroxylation sites is 1. The molecule has 0 spiro atoms. The Morgan fingerprint density at radius 3 is 2.73 bits per heavy atom. The largest absolute Gasteiger partial charge is 0.452 e. The van der Waals surface area contributed by atoms with Gasteiger partial charge in [-0.2, -0.15) is 0 Å². The number of nitrogens with zero attached hydrogens (tertiary/aromatic N) is 4. The van der Waals surface area contributed by atoms with Gasteiger partial charge in [0.25, 0.3) is 5.91 Å². The normalized spacial score (nSPS) is 20.1. The van der Waals surface area contributed by atoms with E-state index in [1.807, 2.05) is 35.0 Å². The van der Waals surface area contributed by atoms with E-state index < -0.39 is 6.10 Å². The van der Waals surface area contributed by atoms with Crippen LogP contribution >= 0.6 is 11.3 Å². The smallest absolute Gasteiger partial charge is 0.309 e. The van der Waals surface area contributed by atoms with E-state index in [-0.39, 0.29) is 22.7 Å². The van der Waals surface area contributed by atoms with Gasteiger partial charge in [0.05, 0.1) is 10.2 Å². The van der Waals surface area contributed by atoms with Crippen molar-refractivity contribution in [3.63, 3.8) is 0 Å². The summed E-state index contributed by atoms with van der Waals surface area (Å²) in [7, 11) is 0. The van der Waals surface area contributed by atoms with Gasteiger partial charge in [-0.15, -0.1) is 0 Å². The highest BCUT2D eigenvalue weighted by Crippen LogP contribution is 2.29. The van der Waals surface area contributed by atoms with Gasteiger partial charge in [-0.05, 0) is 25.0 Å². The molecule has 8 nitrogen and oxygen atoms in total. The van der Waals surface area contributed by atoms with E-state index >= 15 is 0 Å². The maximum atomic E-state index is 12.6. The van der Waals surface area contributed by atoms with E-state index in [4.69, 9.17) is 4.74 Å². The van der Waals surface area contributed by atoms with E-state index in [2.05, 4.69) is 4.98 Å². The maximum absolute atomic E-state index is 12.6. The highest BCUT2D eigenvalue weighted by Gasteiger charge is 2.35. The number of imidazole rings is 1. The number of esters is 1. The third-order valence-electron chi connectivity index (χ3n) is 5.95. The van der Waals surface area contributed by atoms with Gasteiger partial charge >= 0.3 is 10.8 Å². The standard InChI is InChI=1S/C21H22N4O4S/c26-18-6-5-16(29-18)20(27)23-10-7-14(8-11-23)19-22-9-12-24(19)13-25-15-3-1-2-4-17(15)30-21(25)28/h1-4,9,12,14,16H,5-8,10-11,13H2. The zero-order chi connectivity index (χ0) is 20.7.